The molecule has 2 heteroatoms. The highest BCUT2D eigenvalue weighted by atomic mass is 16.5. The summed E-state index contributed by atoms with van der Waals surface area (Å²) in [6.07, 6.45) is 33.0. The molecular weight excluding hydrogens is 332 g/mol. The van der Waals surface area contributed by atoms with E-state index in [1.165, 1.54) is 0 Å². The first-order valence-electron chi connectivity index (χ1n) is 10.2. The van der Waals surface area contributed by atoms with Gasteiger partial charge >= 0.3 is 5.97 Å². The fraction of sp³-hybridized carbons (Fsp3) is 0.480. The molecule has 0 unspecified atom stereocenters. The number of carbonyl (C=O) groups is 1. The molecule has 0 aliphatic heterocycles. The van der Waals surface area contributed by atoms with Crippen LogP contribution in [0.1, 0.15) is 65.7 Å². The lowest BCUT2D eigenvalue weighted by Crippen LogP contribution is -2.11. The van der Waals surface area contributed by atoms with Gasteiger partial charge in [-0.1, -0.05) is 93.7 Å². The molecule has 0 spiro atoms. The van der Waals surface area contributed by atoms with Gasteiger partial charge in [-0.05, 0) is 44.9 Å². The van der Waals surface area contributed by atoms with Crippen molar-refractivity contribution in [1.82, 2.24) is 0 Å². The van der Waals surface area contributed by atoms with E-state index in [1.807, 2.05) is 13.8 Å². The predicted octanol–water partition coefficient (Wildman–Crippen LogP) is 7.27. The molecule has 0 aliphatic carbocycles. The van der Waals surface area contributed by atoms with Crippen LogP contribution < -0.4 is 0 Å². The maximum Gasteiger partial charge on any atom is 0.308 e. The van der Waals surface area contributed by atoms with E-state index in [9.17, 15) is 4.79 Å². The maximum absolute atomic E-state index is 11.3. The van der Waals surface area contributed by atoms with Crippen molar-refractivity contribution in [3.63, 3.8) is 0 Å². The summed E-state index contributed by atoms with van der Waals surface area (Å²) >= 11 is 0. The van der Waals surface area contributed by atoms with Gasteiger partial charge in [-0.2, -0.15) is 0 Å². The fourth-order valence-electron chi connectivity index (χ4n) is 2.03. The highest BCUT2D eigenvalue weighted by molar-refractivity contribution is 5.71. The first-order valence-corrected chi connectivity index (χ1v) is 10.2. The Morgan fingerprint density at radius 3 is 1.41 bits per heavy atom. The van der Waals surface area contributed by atoms with Gasteiger partial charge in [-0.25, -0.2) is 0 Å². The summed E-state index contributed by atoms with van der Waals surface area (Å²) < 4.78 is 5.11. The Morgan fingerprint density at radius 2 is 1.04 bits per heavy atom. The van der Waals surface area contributed by atoms with E-state index in [0.717, 1.165) is 44.9 Å². The van der Waals surface area contributed by atoms with Gasteiger partial charge in [-0.3, -0.25) is 4.79 Å². The Hall–Kier alpha value is -2.09. The Bertz CT molecular complexity index is 516. The van der Waals surface area contributed by atoms with Gasteiger partial charge in [0, 0.05) is 0 Å². The van der Waals surface area contributed by atoms with E-state index < -0.39 is 0 Å². The Labute approximate surface area is 167 Å². The number of allylic oxidation sites excluding steroid dienone is 11. The Balaban J connectivity index is 3.54. The third kappa shape index (κ3) is 20.1. The monoisotopic (exact) mass is 370 g/mol. The van der Waals surface area contributed by atoms with E-state index in [4.69, 9.17) is 4.74 Å². The highest BCUT2D eigenvalue weighted by Gasteiger charge is 2.06. The van der Waals surface area contributed by atoms with Gasteiger partial charge in [0.1, 0.15) is 0 Å². The van der Waals surface area contributed by atoms with Crippen molar-refractivity contribution >= 4 is 5.97 Å². The molecule has 0 saturated heterocycles. The first kappa shape index (κ1) is 24.9. The lowest BCUT2D eigenvalue weighted by Gasteiger charge is -2.04. The third-order valence-electron chi connectivity index (χ3n) is 3.60. The van der Waals surface area contributed by atoms with Crippen LogP contribution in [0.2, 0.25) is 0 Å². The summed E-state index contributed by atoms with van der Waals surface area (Å²) in [5.74, 6) is -0.170. The second-order valence-electron chi connectivity index (χ2n) is 6.53. The van der Waals surface area contributed by atoms with Crippen LogP contribution in [-0.2, 0) is 9.53 Å². The molecule has 2 nitrogen and oxygen atoms in total. The van der Waals surface area contributed by atoms with E-state index in [-0.39, 0.29) is 11.9 Å². The Morgan fingerprint density at radius 1 is 0.667 bits per heavy atom. The van der Waals surface area contributed by atoms with Gasteiger partial charge in [0.25, 0.3) is 0 Å². The molecule has 0 aromatic heterocycles. The van der Waals surface area contributed by atoms with Gasteiger partial charge in [0.15, 0.2) is 0 Å². The standard InChI is InChI=1S/C25H38O2/c1-4-5-6-7-8-9-10-11-12-13-14-15-16-17-18-19-20-21-22-23-27-25(26)24(2)3/h5-6,8-9,11-12,14-15,17-18,20-21,24H,4,7,10,13,16,19,22-23H2,1-3H3/b6-5-,9-8-,12-11-,15-14-,18-17-,21-20-. The van der Waals surface area contributed by atoms with Gasteiger partial charge in [0.2, 0.25) is 0 Å². The topological polar surface area (TPSA) is 26.3 Å². The van der Waals surface area contributed by atoms with Crippen LogP contribution in [0.5, 0.6) is 0 Å². The van der Waals surface area contributed by atoms with Gasteiger partial charge < -0.3 is 4.74 Å². The van der Waals surface area contributed by atoms with E-state index in [0.29, 0.717) is 6.61 Å². The first-order chi connectivity index (χ1) is 13.2. The normalized spacial score (nSPS) is 13.0. The van der Waals surface area contributed by atoms with Crippen LogP contribution in [0, 0.1) is 5.92 Å². The van der Waals surface area contributed by atoms with Crippen LogP contribution in [0.3, 0.4) is 0 Å². The van der Waals surface area contributed by atoms with Crippen molar-refractivity contribution in [2.45, 2.75) is 65.7 Å². The molecule has 0 N–H and O–H groups in total. The smallest absolute Gasteiger partial charge is 0.308 e. The summed E-state index contributed by atoms with van der Waals surface area (Å²) in [5.41, 5.74) is 0. The van der Waals surface area contributed by atoms with Crippen LogP contribution in [0.25, 0.3) is 0 Å². The van der Waals surface area contributed by atoms with Crippen molar-refractivity contribution in [1.29, 1.82) is 0 Å². The SMILES string of the molecule is CC/C=C\C/C=C\C/C=C\C/C=C\C/C=C\C/C=C\CCOC(=O)C(C)C. The van der Waals surface area contributed by atoms with Crippen molar-refractivity contribution in [2.75, 3.05) is 6.61 Å². The number of ether oxygens (including phenoxy) is 1. The van der Waals surface area contributed by atoms with Gasteiger partial charge in [0.05, 0.1) is 12.5 Å². The minimum Gasteiger partial charge on any atom is -0.465 e. The number of hydrogen-bond acceptors (Lipinski definition) is 2. The molecule has 0 bridgehead atoms. The highest BCUT2D eigenvalue weighted by Crippen LogP contribution is 1.99. The van der Waals surface area contributed by atoms with Crippen molar-refractivity contribution in [3.8, 4) is 0 Å². The lowest BCUT2D eigenvalue weighted by molar-refractivity contribution is -0.147. The number of carbonyl (C=O) groups excluding carboxylic acids is 1. The molecule has 0 amide bonds. The van der Waals surface area contributed by atoms with Crippen LogP contribution in [-0.4, -0.2) is 12.6 Å². The molecule has 0 aromatic rings. The maximum atomic E-state index is 11.3. The van der Waals surface area contributed by atoms with E-state index in [2.05, 4.69) is 79.8 Å². The van der Waals surface area contributed by atoms with Crippen molar-refractivity contribution in [2.24, 2.45) is 5.92 Å². The summed E-state index contributed by atoms with van der Waals surface area (Å²) in [4.78, 5) is 11.3. The quantitative estimate of drug-likeness (QED) is 0.172. The molecule has 150 valence electrons. The minimum atomic E-state index is -0.124. The fourth-order valence-corrected chi connectivity index (χ4v) is 2.03. The van der Waals surface area contributed by atoms with Crippen LogP contribution in [0.15, 0.2) is 72.9 Å². The molecule has 0 saturated carbocycles. The average Bonchev–Trinajstić information content (AvgIpc) is 2.66. The number of rotatable bonds is 15. The lowest BCUT2D eigenvalue weighted by atomic mass is 10.2. The zero-order valence-corrected chi connectivity index (χ0v) is 17.5. The van der Waals surface area contributed by atoms with Gasteiger partial charge in [-0.15, -0.1) is 0 Å². The summed E-state index contributed by atoms with van der Waals surface area (Å²) in [7, 11) is 0. The van der Waals surface area contributed by atoms with Crippen LogP contribution in [0.4, 0.5) is 0 Å². The van der Waals surface area contributed by atoms with Crippen molar-refractivity contribution < 1.29 is 9.53 Å². The van der Waals surface area contributed by atoms with E-state index >= 15 is 0 Å². The minimum absolute atomic E-state index is 0.0460. The van der Waals surface area contributed by atoms with E-state index in [1.54, 1.807) is 0 Å². The molecule has 0 aromatic carbocycles. The second-order valence-corrected chi connectivity index (χ2v) is 6.53. The molecule has 0 heterocycles. The molecule has 27 heavy (non-hydrogen) atoms. The largest absolute Gasteiger partial charge is 0.465 e. The average molecular weight is 371 g/mol. The predicted molar refractivity (Wildman–Crippen MR) is 119 cm³/mol. The second kappa shape index (κ2) is 20.2. The molecule has 0 atom stereocenters. The molecule has 0 fully saturated rings. The number of hydrogen-bond donors (Lipinski definition) is 0. The zero-order chi connectivity index (χ0) is 20.0. The van der Waals surface area contributed by atoms with Crippen LogP contribution >= 0.6 is 0 Å². The van der Waals surface area contributed by atoms with Crippen molar-refractivity contribution in [3.05, 3.63) is 72.9 Å². The molecular formula is C25H38O2. The Kier molecular flexibility index (Phi) is 18.7. The third-order valence-corrected chi connectivity index (χ3v) is 3.60. The number of esters is 1. The summed E-state index contributed by atoms with van der Waals surface area (Å²) in [5, 5.41) is 0. The summed E-state index contributed by atoms with van der Waals surface area (Å²) in [6, 6.07) is 0. The zero-order valence-electron chi connectivity index (χ0n) is 17.5. The molecule has 0 radical (unpaired) electrons. The summed E-state index contributed by atoms with van der Waals surface area (Å²) in [6.45, 7) is 6.32. The molecule has 0 aliphatic rings. The molecule has 0 rings (SSSR count).